The fourth-order valence-electron chi connectivity index (χ4n) is 1.19. The molecule has 0 radical (unpaired) electrons. The van der Waals surface area contributed by atoms with E-state index >= 15 is 0 Å². The molecule has 0 heterocycles. The van der Waals surface area contributed by atoms with E-state index in [1.165, 1.54) is 19.2 Å². The van der Waals surface area contributed by atoms with E-state index in [1.54, 1.807) is 6.07 Å². The number of alkyl halides is 2. The van der Waals surface area contributed by atoms with E-state index < -0.39 is 6.61 Å². The fourth-order valence-corrected chi connectivity index (χ4v) is 1.19. The van der Waals surface area contributed by atoms with Crippen molar-refractivity contribution >= 4 is 0 Å². The van der Waals surface area contributed by atoms with Crippen LogP contribution in [0.1, 0.15) is 5.56 Å². The zero-order valence-corrected chi connectivity index (χ0v) is 8.24. The summed E-state index contributed by atoms with van der Waals surface area (Å²) >= 11 is 0. The smallest absolute Gasteiger partial charge is 0.387 e. The lowest BCUT2D eigenvalue weighted by Gasteiger charge is -2.10. The maximum Gasteiger partial charge on any atom is 0.387 e. The third-order valence-corrected chi connectivity index (χ3v) is 1.84. The van der Waals surface area contributed by atoms with E-state index in [0.717, 1.165) is 0 Å². The summed E-state index contributed by atoms with van der Waals surface area (Å²) in [5, 5.41) is 8.70. The molecule has 0 aromatic heterocycles. The van der Waals surface area contributed by atoms with Gasteiger partial charge in [0.2, 0.25) is 0 Å². The van der Waals surface area contributed by atoms with Crippen LogP contribution in [0.15, 0.2) is 18.2 Å². The van der Waals surface area contributed by atoms with Crippen LogP contribution in [0.3, 0.4) is 0 Å². The lowest BCUT2D eigenvalue weighted by molar-refractivity contribution is -0.0512. The second kappa shape index (κ2) is 5.50. The first kappa shape index (κ1) is 11.7. The predicted octanol–water partition coefficient (Wildman–Crippen LogP) is 1.83. The molecule has 0 aliphatic rings. The van der Waals surface area contributed by atoms with Crippen molar-refractivity contribution in [1.82, 2.24) is 0 Å². The van der Waals surface area contributed by atoms with E-state index in [2.05, 4.69) is 4.74 Å². The average Bonchev–Trinajstić information content (AvgIpc) is 2.18. The molecule has 1 N–H and O–H groups in total. The molecule has 0 saturated heterocycles. The molecular formula is C10H12F2O3. The quantitative estimate of drug-likeness (QED) is 0.819. The van der Waals surface area contributed by atoms with Gasteiger partial charge >= 0.3 is 6.61 Å². The topological polar surface area (TPSA) is 38.7 Å². The number of halogens is 2. The zero-order chi connectivity index (χ0) is 11.3. The molecule has 1 rings (SSSR count). The van der Waals surface area contributed by atoms with Gasteiger partial charge in [0.25, 0.3) is 0 Å². The Labute approximate surface area is 86.2 Å². The van der Waals surface area contributed by atoms with Gasteiger partial charge in [0.1, 0.15) is 0 Å². The summed E-state index contributed by atoms with van der Waals surface area (Å²) in [6.07, 6.45) is 0.392. The first-order chi connectivity index (χ1) is 7.17. The van der Waals surface area contributed by atoms with Gasteiger partial charge in [-0.3, -0.25) is 0 Å². The molecular weight excluding hydrogens is 206 g/mol. The van der Waals surface area contributed by atoms with Gasteiger partial charge in [-0.1, -0.05) is 6.07 Å². The Morgan fingerprint density at radius 3 is 2.60 bits per heavy atom. The summed E-state index contributed by atoms with van der Waals surface area (Å²) < 4.78 is 33.2. The largest absolute Gasteiger partial charge is 0.493 e. The molecule has 15 heavy (non-hydrogen) atoms. The molecule has 0 saturated carbocycles. The van der Waals surface area contributed by atoms with Gasteiger partial charge < -0.3 is 14.6 Å². The average molecular weight is 218 g/mol. The number of aliphatic hydroxyl groups is 1. The minimum absolute atomic E-state index is 0.0153. The maximum atomic E-state index is 12.0. The minimum Gasteiger partial charge on any atom is -0.493 e. The fraction of sp³-hybridized carbons (Fsp3) is 0.400. The van der Waals surface area contributed by atoms with Gasteiger partial charge in [-0.2, -0.15) is 8.78 Å². The van der Waals surface area contributed by atoms with Crippen LogP contribution < -0.4 is 9.47 Å². The molecule has 0 aliphatic heterocycles. The Kier molecular flexibility index (Phi) is 4.30. The van der Waals surface area contributed by atoms with Crippen LogP contribution in [0.25, 0.3) is 0 Å². The summed E-state index contributed by atoms with van der Waals surface area (Å²) in [4.78, 5) is 0. The van der Waals surface area contributed by atoms with Crippen LogP contribution in [0, 0.1) is 0 Å². The van der Waals surface area contributed by atoms with Crippen molar-refractivity contribution in [1.29, 1.82) is 0 Å². The van der Waals surface area contributed by atoms with Gasteiger partial charge in [0.05, 0.1) is 7.11 Å². The van der Waals surface area contributed by atoms with Crippen molar-refractivity contribution in [3.8, 4) is 11.5 Å². The summed E-state index contributed by atoms with van der Waals surface area (Å²) in [6.45, 7) is -2.93. The van der Waals surface area contributed by atoms with Gasteiger partial charge in [-0.05, 0) is 24.1 Å². The number of benzene rings is 1. The van der Waals surface area contributed by atoms with Gasteiger partial charge in [0.15, 0.2) is 11.5 Å². The summed E-state index contributed by atoms with van der Waals surface area (Å²) in [7, 11) is 1.37. The molecule has 0 aliphatic carbocycles. The highest BCUT2D eigenvalue weighted by Gasteiger charge is 2.10. The minimum atomic E-state index is -2.89. The first-order valence-corrected chi connectivity index (χ1v) is 4.40. The van der Waals surface area contributed by atoms with E-state index in [9.17, 15) is 8.78 Å². The number of hydrogen-bond acceptors (Lipinski definition) is 3. The molecule has 0 atom stereocenters. The van der Waals surface area contributed by atoms with Gasteiger partial charge in [0, 0.05) is 6.61 Å². The highest BCUT2D eigenvalue weighted by atomic mass is 19.3. The molecule has 3 nitrogen and oxygen atoms in total. The van der Waals surface area contributed by atoms with E-state index in [0.29, 0.717) is 12.0 Å². The van der Waals surface area contributed by atoms with Crippen LogP contribution in [0.2, 0.25) is 0 Å². The van der Waals surface area contributed by atoms with Crippen molar-refractivity contribution in [2.24, 2.45) is 0 Å². The lowest BCUT2D eigenvalue weighted by Crippen LogP contribution is -2.04. The predicted molar refractivity (Wildman–Crippen MR) is 50.4 cm³/mol. The molecule has 0 spiro atoms. The second-order valence-electron chi connectivity index (χ2n) is 2.84. The Morgan fingerprint density at radius 1 is 1.33 bits per heavy atom. The van der Waals surface area contributed by atoms with Crippen molar-refractivity contribution in [2.75, 3.05) is 13.7 Å². The van der Waals surface area contributed by atoms with Crippen LogP contribution in [-0.4, -0.2) is 25.4 Å². The van der Waals surface area contributed by atoms with Gasteiger partial charge in [-0.25, -0.2) is 0 Å². The van der Waals surface area contributed by atoms with E-state index in [4.69, 9.17) is 9.84 Å². The number of rotatable bonds is 5. The van der Waals surface area contributed by atoms with Crippen LogP contribution in [0.4, 0.5) is 8.78 Å². The molecule has 1 aromatic rings. The third-order valence-electron chi connectivity index (χ3n) is 1.84. The highest BCUT2D eigenvalue weighted by Crippen LogP contribution is 2.29. The van der Waals surface area contributed by atoms with Gasteiger partial charge in [-0.15, -0.1) is 0 Å². The van der Waals surface area contributed by atoms with Crippen molar-refractivity contribution in [2.45, 2.75) is 13.0 Å². The SMILES string of the molecule is COc1ccc(CCO)cc1OC(F)F. The Balaban J connectivity index is 2.91. The first-order valence-electron chi connectivity index (χ1n) is 4.40. The number of hydrogen-bond donors (Lipinski definition) is 1. The molecule has 0 unspecified atom stereocenters. The van der Waals surface area contributed by atoms with Crippen LogP contribution >= 0.6 is 0 Å². The highest BCUT2D eigenvalue weighted by molar-refractivity contribution is 5.43. The van der Waals surface area contributed by atoms with E-state index in [-0.39, 0.29) is 18.1 Å². The summed E-state index contributed by atoms with van der Waals surface area (Å²) in [5.41, 5.74) is 0.717. The number of methoxy groups -OCH3 is 1. The van der Waals surface area contributed by atoms with Crippen molar-refractivity contribution < 1.29 is 23.4 Å². The number of ether oxygens (including phenoxy) is 2. The summed E-state index contributed by atoms with van der Waals surface area (Å²) in [5.74, 6) is 0.232. The molecule has 0 fully saturated rings. The van der Waals surface area contributed by atoms with E-state index in [1.807, 2.05) is 0 Å². The molecule has 0 bridgehead atoms. The Bertz CT molecular complexity index is 316. The molecule has 1 aromatic carbocycles. The van der Waals surface area contributed by atoms with Crippen molar-refractivity contribution in [3.05, 3.63) is 23.8 Å². The zero-order valence-electron chi connectivity index (χ0n) is 8.24. The normalized spacial score (nSPS) is 10.5. The third kappa shape index (κ3) is 3.36. The molecule has 84 valence electrons. The summed E-state index contributed by atoms with van der Waals surface area (Å²) in [6, 6.07) is 4.65. The monoisotopic (exact) mass is 218 g/mol. The molecule has 5 heteroatoms. The maximum absolute atomic E-state index is 12.0. The van der Waals surface area contributed by atoms with Crippen LogP contribution in [-0.2, 0) is 6.42 Å². The lowest BCUT2D eigenvalue weighted by atomic mass is 10.1. The molecule has 0 amide bonds. The second-order valence-corrected chi connectivity index (χ2v) is 2.84. The Hall–Kier alpha value is -1.36. The Morgan fingerprint density at radius 2 is 2.07 bits per heavy atom. The number of aliphatic hydroxyl groups excluding tert-OH is 1. The van der Waals surface area contributed by atoms with Crippen LogP contribution in [0.5, 0.6) is 11.5 Å². The standard InChI is InChI=1S/C10H12F2O3/c1-14-8-3-2-7(4-5-13)6-9(8)15-10(11)12/h2-3,6,10,13H,4-5H2,1H3. The van der Waals surface area contributed by atoms with Crippen molar-refractivity contribution in [3.63, 3.8) is 0 Å².